The van der Waals surface area contributed by atoms with Gasteiger partial charge in [-0.15, -0.1) is 0 Å². The van der Waals surface area contributed by atoms with Gasteiger partial charge < -0.3 is 25.6 Å². The summed E-state index contributed by atoms with van der Waals surface area (Å²) in [6.07, 6.45) is 2.41. The van der Waals surface area contributed by atoms with Gasteiger partial charge in [0.2, 0.25) is 0 Å². The second kappa shape index (κ2) is 10.3. The zero-order valence-electron chi connectivity index (χ0n) is 15.9. The molecule has 1 fully saturated rings. The number of piperazine rings is 1. The van der Waals surface area contributed by atoms with Gasteiger partial charge in [-0.05, 0) is 64.5 Å². The maximum atomic E-state index is 5.96. The maximum absolute atomic E-state index is 5.96. The van der Waals surface area contributed by atoms with Crippen LogP contribution in [0.15, 0.2) is 29.3 Å². The Kier molecular flexibility index (Phi) is 8.01. The zero-order chi connectivity index (χ0) is 18.1. The normalized spacial score (nSPS) is 17.0. The van der Waals surface area contributed by atoms with Gasteiger partial charge in [0.25, 0.3) is 0 Å². The summed E-state index contributed by atoms with van der Waals surface area (Å²) in [5.74, 6) is 1.33. The first-order chi connectivity index (χ1) is 12.0. The van der Waals surface area contributed by atoms with E-state index < -0.39 is 0 Å². The molecule has 0 aliphatic carbocycles. The minimum absolute atomic E-state index is 0.177. The molecule has 0 spiro atoms. The van der Waals surface area contributed by atoms with Crippen LogP contribution >= 0.6 is 0 Å². The fourth-order valence-corrected chi connectivity index (χ4v) is 2.79. The molecule has 1 saturated heterocycles. The number of hydrogen-bond donors (Lipinski definition) is 2. The first-order valence-corrected chi connectivity index (χ1v) is 9.27. The van der Waals surface area contributed by atoms with Crippen LogP contribution < -0.4 is 15.8 Å². The molecule has 6 heteroatoms. The van der Waals surface area contributed by atoms with Crippen molar-refractivity contribution in [3.8, 4) is 5.75 Å². The first-order valence-electron chi connectivity index (χ1n) is 9.27. The first kappa shape index (κ1) is 19.5. The highest BCUT2D eigenvalue weighted by Gasteiger charge is 2.12. The highest BCUT2D eigenvalue weighted by atomic mass is 16.5. The fraction of sp³-hybridized carbons (Fsp3) is 0.632. The van der Waals surface area contributed by atoms with E-state index >= 15 is 0 Å². The molecule has 1 aromatic carbocycles. The third-order valence-corrected chi connectivity index (χ3v) is 4.26. The Balaban J connectivity index is 1.62. The number of benzene rings is 1. The summed E-state index contributed by atoms with van der Waals surface area (Å²) in [6, 6.07) is 7.78. The van der Waals surface area contributed by atoms with Gasteiger partial charge in [-0.3, -0.25) is 4.99 Å². The largest absolute Gasteiger partial charge is 0.491 e. The Morgan fingerprint density at radius 3 is 2.48 bits per heavy atom. The molecule has 0 radical (unpaired) electrons. The van der Waals surface area contributed by atoms with Gasteiger partial charge in [0, 0.05) is 38.4 Å². The number of aliphatic imine (C=N–C) groups is 1. The predicted molar refractivity (Wildman–Crippen MR) is 105 cm³/mol. The van der Waals surface area contributed by atoms with Gasteiger partial charge in [-0.25, -0.2) is 0 Å². The molecule has 0 atom stereocenters. The number of anilines is 1. The number of nitrogens with zero attached hydrogens (tertiary/aromatic N) is 3. The third kappa shape index (κ3) is 7.75. The molecule has 1 heterocycles. The molecule has 2 rings (SSSR count). The Bertz CT molecular complexity index is 521. The van der Waals surface area contributed by atoms with Crippen molar-refractivity contribution >= 4 is 11.6 Å². The van der Waals surface area contributed by atoms with Crippen molar-refractivity contribution in [2.24, 2.45) is 10.7 Å². The van der Waals surface area contributed by atoms with Crippen LogP contribution in [0.2, 0.25) is 0 Å². The van der Waals surface area contributed by atoms with Gasteiger partial charge in [-0.1, -0.05) is 0 Å². The molecule has 0 saturated carbocycles. The Hall–Kier alpha value is -1.79. The minimum atomic E-state index is 0.177. The van der Waals surface area contributed by atoms with E-state index in [0.29, 0.717) is 5.96 Å². The number of ether oxygens (including phenoxy) is 1. The average Bonchev–Trinajstić information content (AvgIpc) is 2.57. The van der Waals surface area contributed by atoms with E-state index in [-0.39, 0.29) is 6.10 Å². The molecule has 1 aliphatic rings. The van der Waals surface area contributed by atoms with E-state index in [2.05, 4.69) is 27.2 Å². The summed E-state index contributed by atoms with van der Waals surface area (Å²) in [4.78, 5) is 9.33. The number of guanidine groups is 1. The van der Waals surface area contributed by atoms with Gasteiger partial charge >= 0.3 is 0 Å². The van der Waals surface area contributed by atoms with Crippen LogP contribution in [0.1, 0.15) is 26.7 Å². The number of nitrogens with one attached hydrogen (secondary N) is 1. The maximum Gasteiger partial charge on any atom is 0.193 e. The number of unbranched alkanes of at least 4 members (excludes halogenated alkanes) is 1. The molecule has 1 aliphatic heterocycles. The van der Waals surface area contributed by atoms with Crippen molar-refractivity contribution in [2.75, 3.05) is 51.6 Å². The minimum Gasteiger partial charge on any atom is -0.491 e. The van der Waals surface area contributed by atoms with Gasteiger partial charge in [0.15, 0.2) is 5.96 Å². The molecule has 0 aromatic heterocycles. The summed E-state index contributed by atoms with van der Waals surface area (Å²) in [6.45, 7) is 10.7. The third-order valence-electron chi connectivity index (χ3n) is 4.26. The van der Waals surface area contributed by atoms with Crippen molar-refractivity contribution in [1.29, 1.82) is 0 Å². The van der Waals surface area contributed by atoms with E-state index in [1.807, 2.05) is 38.1 Å². The number of nitrogens with two attached hydrogens (primary N) is 1. The van der Waals surface area contributed by atoms with Gasteiger partial charge in [-0.2, -0.15) is 0 Å². The van der Waals surface area contributed by atoms with Gasteiger partial charge in [0.05, 0.1) is 6.10 Å². The van der Waals surface area contributed by atoms with E-state index in [0.717, 1.165) is 30.9 Å². The Labute approximate surface area is 152 Å². The highest BCUT2D eigenvalue weighted by Crippen LogP contribution is 2.16. The second-order valence-corrected chi connectivity index (χ2v) is 6.93. The lowest BCUT2D eigenvalue weighted by Gasteiger charge is -2.32. The predicted octanol–water partition coefficient (Wildman–Crippen LogP) is 2.23. The molecule has 140 valence electrons. The quantitative estimate of drug-likeness (QED) is 0.429. The number of hydrogen-bond acceptors (Lipinski definition) is 4. The highest BCUT2D eigenvalue weighted by molar-refractivity contribution is 5.92. The Morgan fingerprint density at radius 2 is 1.84 bits per heavy atom. The fourth-order valence-electron chi connectivity index (χ4n) is 2.79. The standard InChI is InChI=1S/C19H33N5O/c1-16(2)25-18-8-6-17(7-9-18)22-19(20)21-10-4-5-11-24-14-12-23(3)13-15-24/h6-9,16H,4-5,10-15H2,1-3H3,(H3,20,21,22). The topological polar surface area (TPSA) is 66.1 Å². The monoisotopic (exact) mass is 347 g/mol. The molecule has 25 heavy (non-hydrogen) atoms. The Morgan fingerprint density at radius 1 is 1.16 bits per heavy atom. The molecule has 0 unspecified atom stereocenters. The number of rotatable bonds is 8. The van der Waals surface area contributed by atoms with Crippen molar-refractivity contribution in [3.05, 3.63) is 24.3 Å². The van der Waals surface area contributed by atoms with Crippen molar-refractivity contribution < 1.29 is 4.74 Å². The second-order valence-electron chi connectivity index (χ2n) is 6.93. The summed E-state index contributed by atoms with van der Waals surface area (Å²) >= 11 is 0. The van der Waals surface area contributed by atoms with Gasteiger partial charge in [0.1, 0.15) is 5.75 Å². The van der Waals surface area contributed by atoms with Crippen molar-refractivity contribution in [1.82, 2.24) is 9.80 Å². The lowest BCUT2D eigenvalue weighted by Crippen LogP contribution is -2.44. The van der Waals surface area contributed by atoms with Crippen molar-refractivity contribution in [2.45, 2.75) is 32.8 Å². The van der Waals surface area contributed by atoms with E-state index in [4.69, 9.17) is 10.5 Å². The molecule has 0 bridgehead atoms. The molecular weight excluding hydrogens is 314 g/mol. The van der Waals surface area contributed by atoms with Crippen LogP contribution in [0.5, 0.6) is 5.75 Å². The summed E-state index contributed by atoms with van der Waals surface area (Å²) < 4.78 is 5.63. The van der Waals surface area contributed by atoms with E-state index in [9.17, 15) is 0 Å². The SMILES string of the molecule is CC(C)Oc1ccc(NC(N)=NCCCCN2CCN(C)CC2)cc1. The van der Waals surface area contributed by atoms with E-state index in [1.165, 1.54) is 32.6 Å². The molecule has 1 aromatic rings. The summed E-state index contributed by atoms with van der Waals surface area (Å²) in [7, 11) is 2.19. The molecule has 3 N–H and O–H groups in total. The number of likely N-dealkylation sites (N-methyl/N-ethyl adjacent to an activating group) is 1. The van der Waals surface area contributed by atoms with Crippen LogP contribution in [0.3, 0.4) is 0 Å². The molecular formula is C19H33N5O. The van der Waals surface area contributed by atoms with Crippen LogP contribution in [0.4, 0.5) is 5.69 Å². The zero-order valence-corrected chi connectivity index (χ0v) is 15.9. The lowest BCUT2D eigenvalue weighted by molar-refractivity contribution is 0.152. The smallest absolute Gasteiger partial charge is 0.193 e. The van der Waals surface area contributed by atoms with Crippen molar-refractivity contribution in [3.63, 3.8) is 0 Å². The lowest BCUT2D eigenvalue weighted by atomic mass is 10.2. The van der Waals surface area contributed by atoms with Crippen LogP contribution in [0.25, 0.3) is 0 Å². The summed E-state index contributed by atoms with van der Waals surface area (Å²) in [5.41, 5.74) is 6.88. The van der Waals surface area contributed by atoms with Crippen LogP contribution in [-0.2, 0) is 0 Å². The summed E-state index contributed by atoms with van der Waals surface area (Å²) in [5, 5.41) is 3.12. The van der Waals surface area contributed by atoms with Crippen LogP contribution in [0, 0.1) is 0 Å². The van der Waals surface area contributed by atoms with E-state index in [1.54, 1.807) is 0 Å². The van der Waals surface area contributed by atoms with Crippen LogP contribution in [-0.4, -0.2) is 68.2 Å². The average molecular weight is 348 g/mol. The molecule has 0 amide bonds. The molecule has 6 nitrogen and oxygen atoms in total.